The van der Waals surface area contributed by atoms with Gasteiger partial charge in [0.2, 0.25) is 5.89 Å². The molecule has 2 aromatic carbocycles. The molecule has 0 amide bonds. The molecule has 5 nitrogen and oxygen atoms in total. The molecule has 0 bridgehead atoms. The van der Waals surface area contributed by atoms with Gasteiger partial charge in [-0.05, 0) is 48.5 Å². The molecule has 0 N–H and O–H groups in total. The number of oxazole rings is 1. The number of methoxy groups -OCH3 is 1. The number of esters is 1. The van der Waals surface area contributed by atoms with Crippen LogP contribution in [0.3, 0.4) is 0 Å². The number of carbonyl (C=O) groups is 1. The predicted octanol–water partition coefficient (Wildman–Crippen LogP) is 4.40. The Morgan fingerprint density at radius 1 is 1.04 bits per heavy atom. The fourth-order valence-electron chi connectivity index (χ4n) is 2.21. The van der Waals surface area contributed by atoms with E-state index < -0.39 is 12.6 Å². The summed E-state index contributed by atoms with van der Waals surface area (Å²) in [4.78, 5) is 15.8. The van der Waals surface area contributed by atoms with Crippen LogP contribution in [-0.2, 0) is 4.74 Å². The number of rotatable bonds is 5. The van der Waals surface area contributed by atoms with Gasteiger partial charge in [-0.2, -0.15) is 8.78 Å². The number of ether oxygens (including phenoxy) is 2. The van der Waals surface area contributed by atoms with E-state index in [1.165, 1.54) is 25.5 Å². The fraction of sp³-hybridized carbons (Fsp3) is 0.111. The molecular formula is C18H13F2NO4. The Morgan fingerprint density at radius 2 is 1.68 bits per heavy atom. The van der Waals surface area contributed by atoms with Crippen molar-refractivity contribution in [1.82, 2.24) is 4.98 Å². The molecule has 0 aliphatic rings. The van der Waals surface area contributed by atoms with Crippen LogP contribution in [0, 0.1) is 0 Å². The van der Waals surface area contributed by atoms with Crippen LogP contribution in [0.4, 0.5) is 8.78 Å². The highest BCUT2D eigenvalue weighted by atomic mass is 19.3. The van der Waals surface area contributed by atoms with Gasteiger partial charge in [0.1, 0.15) is 17.7 Å². The van der Waals surface area contributed by atoms with Gasteiger partial charge < -0.3 is 13.9 Å². The van der Waals surface area contributed by atoms with E-state index in [0.29, 0.717) is 28.3 Å². The predicted molar refractivity (Wildman–Crippen MR) is 85.3 cm³/mol. The summed E-state index contributed by atoms with van der Waals surface area (Å²) in [6.07, 6.45) is 1.46. The maximum atomic E-state index is 12.2. The zero-order chi connectivity index (χ0) is 17.8. The van der Waals surface area contributed by atoms with E-state index in [0.717, 1.165) is 0 Å². The van der Waals surface area contributed by atoms with E-state index in [-0.39, 0.29) is 5.75 Å². The van der Waals surface area contributed by atoms with Crippen molar-refractivity contribution >= 4 is 5.97 Å². The summed E-state index contributed by atoms with van der Waals surface area (Å²) in [5.41, 5.74) is 2.36. The van der Waals surface area contributed by atoms with Crippen LogP contribution in [0.2, 0.25) is 0 Å². The van der Waals surface area contributed by atoms with Crippen molar-refractivity contribution in [1.29, 1.82) is 0 Å². The SMILES string of the molecule is COC(=O)c1ccc(-c2nc(-c3ccc(OC(F)F)cc3)co2)cc1. The molecule has 7 heteroatoms. The van der Waals surface area contributed by atoms with Crippen LogP contribution < -0.4 is 4.74 Å². The number of halogens is 2. The van der Waals surface area contributed by atoms with E-state index in [2.05, 4.69) is 14.5 Å². The van der Waals surface area contributed by atoms with E-state index in [1.54, 1.807) is 36.4 Å². The highest BCUT2D eigenvalue weighted by molar-refractivity contribution is 5.89. The van der Waals surface area contributed by atoms with E-state index in [1.807, 2.05) is 0 Å². The number of benzene rings is 2. The first kappa shape index (κ1) is 16.6. The molecule has 0 unspecified atom stereocenters. The highest BCUT2D eigenvalue weighted by Crippen LogP contribution is 2.26. The molecular weight excluding hydrogens is 332 g/mol. The lowest BCUT2D eigenvalue weighted by Gasteiger charge is -2.04. The number of hydrogen-bond donors (Lipinski definition) is 0. The Balaban J connectivity index is 1.79. The van der Waals surface area contributed by atoms with Crippen molar-refractivity contribution < 1.29 is 27.5 Å². The second kappa shape index (κ2) is 7.12. The summed E-state index contributed by atoms with van der Waals surface area (Å²) in [6.45, 7) is -2.86. The molecule has 0 fully saturated rings. The second-order valence-electron chi connectivity index (χ2n) is 5.01. The molecule has 1 aromatic heterocycles. The van der Waals surface area contributed by atoms with Gasteiger partial charge in [0.25, 0.3) is 0 Å². The van der Waals surface area contributed by atoms with E-state index >= 15 is 0 Å². The topological polar surface area (TPSA) is 61.6 Å². The van der Waals surface area contributed by atoms with Crippen LogP contribution in [-0.4, -0.2) is 24.7 Å². The third kappa shape index (κ3) is 3.82. The summed E-state index contributed by atoms with van der Waals surface area (Å²) in [7, 11) is 1.31. The second-order valence-corrected chi connectivity index (χ2v) is 5.01. The van der Waals surface area contributed by atoms with Gasteiger partial charge >= 0.3 is 12.6 Å². The average Bonchev–Trinajstić information content (AvgIpc) is 3.11. The maximum Gasteiger partial charge on any atom is 0.387 e. The smallest absolute Gasteiger partial charge is 0.387 e. The maximum absolute atomic E-state index is 12.2. The molecule has 0 saturated heterocycles. The first-order chi connectivity index (χ1) is 12.1. The molecule has 128 valence electrons. The first-order valence-electron chi connectivity index (χ1n) is 7.26. The van der Waals surface area contributed by atoms with Crippen LogP contribution in [0.1, 0.15) is 10.4 Å². The van der Waals surface area contributed by atoms with Crippen LogP contribution in [0.25, 0.3) is 22.7 Å². The Morgan fingerprint density at radius 3 is 2.28 bits per heavy atom. The zero-order valence-corrected chi connectivity index (χ0v) is 13.1. The van der Waals surface area contributed by atoms with E-state index in [4.69, 9.17) is 4.42 Å². The molecule has 0 radical (unpaired) electrons. The minimum Gasteiger partial charge on any atom is -0.465 e. The molecule has 0 saturated carbocycles. The van der Waals surface area contributed by atoms with Crippen LogP contribution >= 0.6 is 0 Å². The molecule has 25 heavy (non-hydrogen) atoms. The number of carbonyl (C=O) groups excluding carboxylic acids is 1. The van der Waals surface area contributed by atoms with Crippen molar-refractivity contribution in [2.45, 2.75) is 6.61 Å². The van der Waals surface area contributed by atoms with E-state index in [9.17, 15) is 13.6 Å². The average molecular weight is 345 g/mol. The molecule has 3 aromatic rings. The third-order valence-electron chi connectivity index (χ3n) is 3.43. The summed E-state index contributed by atoms with van der Waals surface area (Å²) >= 11 is 0. The van der Waals surface area contributed by atoms with Crippen LogP contribution in [0.5, 0.6) is 5.75 Å². The third-order valence-corrected chi connectivity index (χ3v) is 3.43. The monoisotopic (exact) mass is 345 g/mol. The molecule has 0 atom stereocenters. The first-order valence-corrected chi connectivity index (χ1v) is 7.26. The lowest BCUT2D eigenvalue weighted by Crippen LogP contribution is -2.01. The normalized spacial score (nSPS) is 10.7. The highest BCUT2D eigenvalue weighted by Gasteiger charge is 2.11. The van der Waals surface area contributed by atoms with Gasteiger partial charge in [-0.15, -0.1) is 0 Å². The number of aromatic nitrogens is 1. The Bertz CT molecular complexity index is 858. The summed E-state index contributed by atoms with van der Waals surface area (Å²) < 4.78 is 38.7. The van der Waals surface area contributed by atoms with Gasteiger partial charge in [-0.1, -0.05) is 0 Å². The number of nitrogens with zero attached hydrogens (tertiary/aromatic N) is 1. The van der Waals surface area contributed by atoms with Crippen molar-refractivity contribution in [2.75, 3.05) is 7.11 Å². The van der Waals surface area contributed by atoms with Crippen molar-refractivity contribution in [3.63, 3.8) is 0 Å². The molecule has 1 heterocycles. The molecule has 0 aliphatic heterocycles. The minimum absolute atomic E-state index is 0.0702. The summed E-state index contributed by atoms with van der Waals surface area (Å²) in [5.74, 6) is 0.0194. The van der Waals surface area contributed by atoms with Gasteiger partial charge in [0, 0.05) is 11.1 Å². The van der Waals surface area contributed by atoms with Crippen LogP contribution in [0.15, 0.2) is 59.2 Å². The Hall–Kier alpha value is -3.22. The minimum atomic E-state index is -2.86. The molecule has 0 aliphatic carbocycles. The van der Waals surface area contributed by atoms with Gasteiger partial charge in [0.05, 0.1) is 12.7 Å². The lowest BCUT2D eigenvalue weighted by atomic mass is 10.1. The zero-order valence-electron chi connectivity index (χ0n) is 13.1. The van der Waals surface area contributed by atoms with Gasteiger partial charge in [-0.25, -0.2) is 9.78 Å². The largest absolute Gasteiger partial charge is 0.465 e. The fourth-order valence-corrected chi connectivity index (χ4v) is 2.21. The molecule has 0 spiro atoms. The lowest BCUT2D eigenvalue weighted by molar-refractivity contribution is -0.0498. The van der Waals surface area contributed by atoms with Crippen molar-refractivity contribution in [3.8, 4) is 28.5 Å². The number of alkyl halides is 2. The van der Waals surface area contributed by atoms with Gasteiger partial charge in [-0.3, -0.25) is 0 Å². The quantitative estimate of drug-likeness (QED) is 0.642. The van der Waals surface area contributed by atoms with Crippen molar-refractivity contribution in [3.05, 3.63) is 60.4 Å². The summed E-state index contributed by atoms with van der Waals surface area (Å²) in [6, 6.07) is 12.7. The Kier molecular flexibility index (Phi) is 4.74. The summed E-state index contributed by atoms with van der Waals surface area (Å²) in [5, 5.41) is 0. The number of hydrogen-bond acceptors (Lipinski definition) is 5. The Labute approximate surface area is 141 Å². The standard InChI is InChI=1S/C18H13F2NO4/c1-23-17(22)13-4-2-12(3-5-13)16-21-15(10-24-16)11-6-8-14(9-7-11)25-18(19)20/h2-10,18H,1H3. The van der Waals surface area contributed by atoms with Gasteiger partial charge in [0.15, 0.2) is 0 Å². The molecule has 3 rings (SSSR count). The van der Waals surface area contributed by atoms with Crippen molar-refractivity contribution in [2.24, 2.45) is 0 Å².